The van der Waals surface area contributed by atoms with Gasteiger partial charge in [-0.3, -0.25) is 0 Å². The van der Waals surface area contributed by atoms with Crippen LogP contribution in [0, 0.1) is 5.82 Å². The van der Waals surface area contributed by atoms with Crippen LogP contribution in [0.3, 0.4) is 0 Å². The van der Waals surface area contributed by atoms with E-state index in [1.165, 1.54) is 24.3 Å². The summed E-state index contributed by atoms with van der Waals surface area (Å²) in [5.74, 6) is -0.429. The normalized spacial score (nSPS) is 12.0. The van der Waals surface area contributed by atoms with Crippen LogP contribution in [-0.4, -0.2) is 11.7 Å². The Kier molecular flexibility index (Phi) is 4.17. The molecule has 1 N–H and O–H groups in total. The van der Waals surface area contributed by atoms with Crippen LogP contribution in [0.25, 0.3) is 0 Å². The van der Waals surface area contributed by atoms with E-state index in [0.29, 0.717) is 5.56 Å². The summed E-state index contributed by atoms with van der Waals surface area (Å²) in [5, 5.41) is 9.40. The molecule has 0 spiro atoms. The van der Waals surface area contributed by atoms with Gasteiger partial charge in [-0.25, -0.2) is 4.39 Å². The highest BCUT2D eigenvalue weighted by atomic mass is 19.3. The number of aliphatic hydroxyl groups excluding tert-OH is 1. The summed E-state index contributed by atoms with van der Waals surface area (Å²) >= 11 is 0. The van der Waals surface area contributed by atoms with Gasteiger partial charge in [-0.05, 0) is 17.7 Å². The van der Waals surface area contributed by atoms with Gasteiger partial charge in [0.15, 0.2) is 0 Å². The SMILES string of the molecule is O[C@H](COC=C(F)F)c1ccc(F)cc1. The summed E-state index contributed by atoms with van der Waals surface area (Å²) in [4.78, 5) is 0. The highest BCUT2D eigenvalue weighted by Gasteiger charge is 2.07. The highest BCUT2D eigenvalue weighted by molar-refractivity contribution is 5.18. The summed E-state index contributed by atoms with van der Waals surface area (Å²) in [7, 11) is 0. The molecule has 0 saturated heterocycles. The Hall–Kier alpha value is -1.49. The molecule has 0 bridgehead atoms. The van der Waals surface area contributed by atoms with Crippen LogP contribution in [0.2, 0.25) is 0 Å². The number of hydrogen-bond acceptors (Lipinski definition) is 2. The molecule has 1 atom stereocenters. The third-order valence-corrected chi connectivity index (χ3v) is 1.68. The van der Waals surface area contributed by atoms with Crippen LogP contribution in [0.15, 0.2) is 36.6 Å². The maximum atomic E-state index is 12.5. The van der Waals surface area contributed by atoms with E-state index in [1.807, 2.05) is 0 Å². The smallest absolute Gasteiger partial charge is 0.304 e. The molecule has 1 aromatic rings. The minimum absolute atomic E-state index is 0.257. The van der Waals surface area contributed by atoms with Crippen LogP contribution in [0.5, 0.6) is 0 Å². The lowest BCUT2D eigenvalue weighted by molar-refractivity contribution is 0.0796. The van der Waals surface area contributed by atoms with E-state index in [9.17, 15) is 18.3 Å². The average Bonchev–Trinajstić information content (AvgIpc) is 2.18. The van der Waals surface area contributed by atoms with Crippen molar-refractivity contribution >= 4 is 0 Å². The summed E-state index contributed by atoms with van der Waals surface area (Å²) in [6.45, 7) is -0.303. The van der Waals surface area contributed by atoms with Gasteiger partial charge in [-0.15, -0.1) is 0 Å². The van der Waals surface area contributed by atoms with Gasteiger partial charge in [0.2, 0.25) is 0 Å². The lowest BCUT2D eigenvalue weighted by Crippen LogP contribution is -2.04. The van der Waals surface area contributed by atoms with Crippen molar-refractivity contribution in [2.24, 2.45) is 0 Å². The molecule has 0 aliphatic rings. The van der Waals surface area contributed by atoms with Crippen molar-refractivity contribution in [2.45, 2.75) is 6.10 Å². The second kappa shape index (κ2) is 5.41. The second-order valence-electron chi connectivity index (χ2n) is 2.81. The van der Waals surface area contributed by atoms with Gasteiger partial charge in [0.1, 0.15) is 24.8 Å². The van der Waals surface area contributed by atoms with Gasteiger partial charge in [-0.2, -0.15) is 8.78 Å². The van der Waals surface area contributed by atoms with E-state index in [-0.39, 0.29) is 12.9 Å². The summed E-state index contributed by atoms with van der Waals surface area (Å²) < 4.78 is 40.0. The van der Waals surface area contributed by atoms with Gasteiger partial charge < -0.3 is 9.84 Å². The number of halogens is 3. The van der Waals surface area contributed by atoms with Crippen molar-refractivity contribution in [1.29, 1.82) is 0 Å². The Morgan fingerprint density at radius 1 is 1.33 bits per heavy atom. The predicted molar refractivity (Wildman–Crippen MR) is 47.6 cm³/mol. The fourth-order valence-electron chi connectivity index (χ4n) is 0.983. The van der Waals surface area contributed by atoms with Crippen molar-refractivity contribution in [1.82, 2.24) is 0 Å². The molecule has 0 aromatic heterocycles. The van der Waals surface area contributed by atoms with E-state index >= 15 is 0 Å². The largest absolute Gasteiger partial charge is 0.493 e. The Balaban J connectivity index is 2.50. The van der Waals surface area contributed by atoms with Gasteiger partial charge in [0.25, 0.3) is 0 Å². The van der Waals surface area contributed by atoms with Crippen molar-refractivity contribution in [3.63, 3.8) is 0 Å². The summed E-state index contributed by atoms with van der Waals surface area (Å²) in [6.07, 6.45) is -2.77. The van der Waals surface area contributed by atoms with Gasteiger partial charge >= 0.3 is 6.08 Å². The zero-order chi connectivity index (χ0) is 11.3. The molecule has 0 unspecified atom stereocenters. The topological polar surface area (TPSA) is 29.5 Å². The molecule has 82 valence electrons. The lowest BCUT2D eigenvalue weighted by Gasteiger charge is -2.09. The Bertz CT molecular complexity index is 331. The molecule has 0 aliphatic carbocycles. The quantitative estimate of drug-likeness (QED) is 0.787. The molecule has 1 rings (SSSR count). The van der Waals surface area contributed by atoms with Crippen LogP contribution < -0.4 is 0 Å². The monoisotopic (exact) mass is 218 g/mol. The molecule has 2 nitrogen and oxygen atoms in total. The molecule has 0 heterocycles. The van der Waals surface area contributed by atoms with Crippen molar-refractivity contribution < 1.29 is 23.0 Å². The fourth-order valence-corrected chi connectivity index (χ4v) is 0.983. The molecular formula is C10H9F3O2. The minimum atomic E-state index is -1.97. The molecule has 1 aromatic carbocycles. The highest BCUT2D eigenvalue weighted by Crippen LogP contribution is 2.14. The Labute approximate surface area is 84.6 Å². The average molecular weight is 218 g/mol. The first-order chi connectivity index (χ1) is 7.09. The van der Waals surface area contributed by atoms with Crippen molar-refractivity contribution in [3.05, 3.63) is 48.0 Å². The standard InChI is InChI=1S/C10H9F3O2/c11-8-3-1-7(2-4-8)9(14)5-15-6-10(12)13/h1-4,6,9,14H,5H2/t9-/m1/s1. The van der Waals surface area contributed by atoms with Crippen molar-refractivity contribution in [2.75, 3.05) is 6.61 Å². The van der Waals surface area contributed by atoms with Gasteiger partial charge in [0.05, 0.1) is 0 Å². The zero-order valence-electron chi connectivity index (χ0n) is 7.66. The minimum Gasteiger partial charge on any atom is -0.493 e. The molecule has 0 amide bonds. The zero-order valence-corrected chi connectivity index (χ0v) is 7.66. The molecular weight excluding hydrogens is 209 g/mol. The first-order valence-electron chi connectivity index (χ1n) is 4.16. The summed E-state index contributed by atoms with van der Waals surface area (Å²) in [6, 6.07) is 5.06. The van der Waals surface area contributed by atoms with Gasteiger partial charge in [0, 0.05) is 0 Å². The molecule has 0 fully saturated rings. The van der Waals surface area contributed by atoms with E-state index in [2.05, 4.69) is 4.74 Å². The molecule has 0 aliphatic heterocycles. The Morgan fingerprint density at radius 2 is 1.93 bits per heavy atom. The number of rotatable bonds is 4. The number of aliphatic hydroxyl groups is 1. The molecule has 5 heteroatoms. The fraction of sp³-hybridized carbons (Fsp3) is 0.200. The molecule has 0 saturated carbocycles. The van der Waals surface area contributed by atoms with E-state index in [0.717, 1.165) is 0 Å². The van der Waals surface area contributed by atoms with Gasteiger partial charge in [-0.1, -0.05) is 12.1 Å². The van der Waals surface area contributed by atoms with Crippen LogP contribution in [0.1, 0.15) is 11.7 Å². The Morgan fingerprint density at radius 3 is 2.47 bits per heavy atom. The van der Waals surface area contributed by atoms with Crippen molar-refractivity contribution in [3.8, 4) is 0 Å². The lowest BCUT2D eigenvalue weighted by atomic mass is 10.1. The van der Waals surface area contributed by atoms with E-state index in [4.69, 9.17) is 0 Å². The van der Waals surface area contributed by atoms with E-state index in [1.54, 1.807) is 0 Å². The molecule has 0 radical (unpaired) electrons. The van der Waals surface area contributed by atoms with E-state index < -0.39 is 18.0 Å². The second-order valence-corrected chi connectivity index (χ2v) is 2.81. The van der Waals surface area contributed by atoms with Crippen LogP contribution in [0.4, 0.5) is 13.2 Å². The number of hydrogen-bond donors (Lipinski definition) is 1. The van der Waals surface area contributed by atoms with Crippen LogP contribution in [-0.2, 0) is 4.74 Å². The van der Waals surface area contributed by atoms with Crippen LogP contribution >= 0.6 is 0 Å². The molecule has 15 heavy (non-hydrogen) atoms. The first-order valence-corrected chi connectivity index (χ1v) is 4.16. The number of benzene rings is 1. The number of ether oxygens (including phenoxy) is 1. The summed E-state index contributed by atoms with van der Waals surface area (Å²) in [5.41, 5.74) is 0.407. The third-order valence-electron chi connectivity index (χ3n) is 1.68. The first kappa shape index (κ1) is 11.6. The maximum absolute atomic E-state index is 12.5. The third kappa shape index (κ3) is 4.03. The maximum Gasteiger partial charge on any atom is 0.304 e. The predicted octanol–water partition coefficient (Wildman–Crippen LogP) is 2.61.